The van der Waals surface area contributed by atoms with Crippen LogP contribution >= 0.6 is 24.0 Å². The number of benzene rings is 2. The van der Waals surface area contributed by atoms with Crippen LogP contribution in [0.15, 0.2) is 58.5 Å². The van der Waals surface area contributed by atoms with Crippen molar-refractivity contribution in [2.75, 3.05) is 19.0 Å². The molecule has 1 heterocycles. The molecule has 2 aromatic rings. The summed E-state index contributed by atoms with van der Waals surface area (Å²) in [4.78, 5) is 15.1. The molecule has 2 aromatic carbocycles. The molecule has 5 nitrogen and oxygen atoms in total. The Hall–Kier alpha value is -2.64. The van der Waals surface area contributed by atoms with Gasteiger partial charge in [0, 0.05) is 25.3 Å². The van der Waals surface area contributed by atoms with Crippen LogP contribution in [0, 0.1) is 0 Å². The number of nitrogens with zero attached hydrogens (tertiary/aromatic N) is 3. The molecule has 0 atom stereocenters. The van der Waals surface area contributed by atoms with Crippen LogP contribution in [0.4, 0.5) is 5.69 Å². The molecule has 0 aromatic heterocycles. The topological polar surface area (TPSA) is 56.1 Å². The van der Waals surface area contributed by atoms with E-state index in [0.29, 0.717) is 14.8 Å². The first-order valence-electron chi connectivity index (χ1n) is 7.83. The minimum absolute atomic E-state index is 0.0956. The number of hydrogen-bond acceptors (Lipinski definition) is 6. The summed E-state index contributed by atoms with van der Waals surface area (Å²) >= 11 is 6.47. The van der Waals surface area contributed by atoms with Crippen molar-refractivity contribution in [3.63, 3.8) is 0 Å². The van der Waals surface area contributed by atoms with Gasteiger partial charge in [-0.1, -0.05) is 36.0 Å². The first-order valence-corrected chi connectivity index (χ1v) is 9.05. The number of phenolic OH excluding ortho intramolecular Hbond substituents is 1. The van der Waals surface area contributed by atoms with E-state index < -0.39 is 0 Å². The molecule has 0 saturated carbocycles. The number of thiocarbonyl (C=S) groups is 1. The maximum atomic E-state index is 12.6. The predicted octanol–water partition coefficient (Wildman–Crippen LogP) is 3.69. The van der Waals surface area contributed by atoms with Crippen molar-refractivity contribution in [3.05, 3.63) is 64.6 Å². The Balaban J connectivity index is 1.79. The number of aromatic hydroxyl groups is 1. The Bertz CT molecular complexity index is 905. The Morgan fingerprint density at radius 3 is 2.50 bits per heavy atom. The number of hydrogen-bond donors (Lipinski definition) is 1. The second-order valence-corrected chi connectivity index (χ2v) is 7.46. The van der Waals surface area contributed by atoms with E-state index in [-0.39, 0.29) is 11.7 Å². The minimum atomic E-state index is -0.275. The van der Waals surface area contributed by atoms with Gasteiger partial charge in [-0.05, 0) is 48.1 Å². The van der Waals surface area contributed by atoms with Gasteiger partial charge < -0.3 is 10.0 Å². The number of carbonyl (C=O) groups excluding carboxylic acids is 1. The average molecular weight is 383 g/mol. The third kappa shape index (κ3) is 3.95. The van der Waals surface area contributed by atoms with Gasteiger partial charge in [0.05, 0.1) is 11.1 Å². The van der Waals surface area contributed by atoms with Crippen molar-refractivity contribution < 1.29 is 9.90 Å². The van der Waals surface area contributed by atoms with E-state index in [2.05, 4.69) is 5.10 Å². The molecule has 3 rings (SSSR count). The molecule has 0 unspecified atom stereocenters. The smallest absolute Gasteiger partial charge is 0.286 e. The summed E-state index contributed by atoms with van der Waals surface area (Å²) in [7, 11) is 3.95. The van der Waals surface area contributed by atoms with Crippen LogP contribution in [0.2, 0.25) is 0 Å². The molecule has 0 bridgehead atoms. The molecule has 7 heteroatoms. The molecule has 132 valence electrons. The first-order chi connectivity index (χ1) is 12.5. The SMILES string of the molecule is CN(C)c1ccc(/C=C2/SC(=S)N(/N=C/c3ccccc3O)C2=O)cc1. The maximum Gasteiger partial charge on any atom is 0.286 e. The van der Waals surface area contributed by atoms with E-state index >= 15 is 0 Å². The Kier molecular flexibility index (Phi) is 5.39. The zero-order valence-electron chi connectivity index (χ0n) is 14.3. The predicted molar refractivity (Wildman–Crippen MR) is 111 cm³/mol. The van der Waals surface area contributed by atoms with Crippen molar-refractivity contribution in [1.29, 1.82) is 0 Å². The first kappa shape index (κ1) is 18.2. The molecule has 1 N–H and O–H groups in total. The van der Waals surface area contributed by atoms with Gasteiger partial charge in [-0.15, -0.1) is 0 Å². The molecule has 0 aliphatic carbocycles. The van der Waals surface area contributed by atoms with Gasteiger partial charge in [-0.25, -0.2) is 0 Å². The van der Waals surface area contributed by atoms with Crippen LogP contribution in [-0.4, -0.2) is 40.7 Å². The van der Waals surface area contributed by atoms with Crippen molar-refractivity contribution in [3.8, 4) is 5.75 Å². The van der Waals surface area contributed by atoms with Crippen LogP contribution < -0.4 is 4.90 Å². The van der Waals surface area contributed by atoms with E-state index in [9.17, 15) is 9.90 Å². The summed E-state index contributed by atoms with van der Waals surface area (Å²) in [6, 6.07) is 14.6. The van der Waals surface area contributed by atoms with Crippen LogP contribution in [0.1, 0.15) is 11.1 Å². The molecule has 1 amide bonds. The Morgan fingerprint density at radius 1 is 1.15 bits per heavy atom. The highest BCUT2D eigenvalue weighted by atomic mass is 32.2. The molecule has 1 saturated heterocycles. The van der Waals surface area contributed by atoms with Gasteiger partial charge in [0.15, 0.2) is 4.32 Å². The second kappa shape index (κ2) is 7.72. The lowest BCUT2D eigenvalue weighted by atomic mass is 10.2. The largest absolute Gasteiger partial charge is 0.507 e. The van der Waals surface area contributed by atoms with Gasteiger partial charge >= 0.3 is 0 Å². The highest BCUT2D eigenvalue weighted by molar-refractivity contribution is 8.26. The Labute approximate surface area is 161 Å². The molecule has 1 aliphatic heterocycles. The van der Waals surface area contributed by atoms with Crippen molar-refractivity contribution >= 4 is 52.2 Å². The molecule has 1 fully saturated rings. The van der Waals surface area contributed by atoms with Gasteiger partial charge in [0.1, 0.15) is 5.75 Å². The van der Waals surface area contributed by atoms with Crippen molar-refractivity contribution in [2.45, 2.75) is 0 Å². The van der Waals surface area contributed by atoms with Gasteiger partial charge in [0.25, 0.3) is 5.91 Å². The number of rotatable bonds is 4. The number of thioether (sulfide) groups is 1. The fourth-order valence-corrected chi connectivity index (χ4v) is 3.47. The lowest BCUT2D eigenvalue weighted by Gasteiger charge is -2.11. The third-order valence-electron chi connectivity index (χ3n) is 3.73. The average Bonchev–Trinajstić information content (AvgIpc) is 2.88. The van der Waals surface area contributed by atoms with Gasteiger partial charge in [0.2, 0.25) is 0 Å². The van der Waals surface area contributed by atoms with Crippen molar-refractivity contribution in [2.24, 2.45) is 5.10 Å². The van der Waals surface area contributed by atoms with E-state index in [4.69, 9.17) is 12.2 Å². The lowest BCUT2D eigenvalue weighted by Crippen LogP contribution is -2.22. The molecule has 0 radical (unpaired) electrons. The molecule has 1 aliphatic rings. The summed E-state index contributed by atoms with van der Waals surface area (Å²) in [6.07, 6.45) is 3.23. The Morgan fingerprint density at radius 2 is 1.85 bits per heavy atom. The number of carbonyl (C=O) groups is 1. The second-order valence-electron chi connectivity index (χ2n) is 5.78. The normalized spacial score (nSPS) is 16.1. The van der Waals surface area contributed by atoms with Gasteiger partial charge in [-0.3, -0.25) is 4.79 Å². The standard InChI is InChI=1S/C19H17N3O2S2/c1-21(2)15-9-7-13(8-10-15)11-17-18(24)22(19(25)26-17)20-12-14-5-3-4-6-16(14)23/h3-12,23H,1-2H3/b17-11+,20-12+. The molecule has 26 heavy (non-hydrogen) atoms. The van der Waals surface area contributed by atoms with E-state index in [0.717, 1.165) is 11.3 Å². The van der Waals surface area contributed by atoms with E-state index in [1.54, 1.807) is 30.3 Å². The minimum Gasteiger partial charge on any atom is -0.507 e. The number of para-hydroxylation sites is 1. The van der Waals surface area contributed by atoms with Crippen LogP contribution in [0.3, 0.4) is 0 Å². The van der Waals surface area contributed by atoms with Gasteiger partial charge in [-0.2, -0.15) is 10.1 Å². The molecular weight excluding hydrogens is 366 g/mol. The van der Waals surface area contributed by atoms with Crippen LogP contribution in [0.25, 0.3) is 6.08 Å². The van der Waals surface area contributed by atoms with Crippen LogP contribution in [-0.2, 0) is 4.79 Å². The fraction of sp³-hybridized carbons (Fsp3) is 0.105. The quantitative estimate of drug-likeness (QED) is 0.496. The number of anilines is 1. The zero-order chi connectivity index (χ0) is 18.7. The summed E-state index contributed by atoms with van der Waals surface area (Å²) in [5.41, 5.74) is 2.52. The summed E-state index contributed by atoms with van der Waals surface area (Å²) in [6.45, 7) is 0. The van der Waals surface area contributed by atoms with Crippen molar-refractivity contribution in [1.82, 2.24) is 5.01 Å². The van der Waals surface area contributed by atoms with Crippen LogP contribution in [0.5, 0.6) is 5.75 Å². The fourth-order valence-electron chi connectivity index (χ4n) is 2.30. The summed E-state index contributed by atoms with van der Waals surface area (Å²) in [5, 5.41) is 15.1. The van der Waals surface area contributed by atoms with E-state index in [1.165, 1.54) is 23.0 Å². The van der Waals surface area contributed by atoms with E-state index in [1.807, 2.05) is 43.3 Å². The highest BCUT2D eigenvalue weighted by Gasteiger charge is 2.32. The summed E-state index contributed by atoms with van der Waals surface area (Å²) < 4.78 is 0.359. The highest BCUT2D eigenvalue weighted by Crippen LogP contribution is 2.33. The number of amides is 1. The molecule has 0 spiro atoms. The lowest BCUT2D eigenvalue weighted by molar-refractivity contribution is -0.122. The molecular formula is C19H17N3O2S2. The zero-order valence-corrected chi connectivity index (χ0v) is 15.9. The summed E-state index contributed by atoms with van der Waals surface area (Å²) in [5.74, 6) is -0.179. The number of hydrazone groups is 1. The third-order valence-corrected chi connectivity index (χ3v) is 5.01. The number of phenols is 1. The maximum absolute atomic E-state index is 12.6. The monoisotopic (exact) mass is 383 g/mol.